The fourth-order valence-electron chi connectivity index (χ4n) is 3.77. The maximum Gasteiger partial charge on any atom is 0.410 e. The van der Waals surface area contributed by atoms with Crippen LogP contribution in [0.5, 0.6) is 0 Å². The molecule has 5 nitrogen and oxygen atoms in total. The second kappa shape index (κ2) is 6.61. The van der Waals surface area contributed by atoms with Crippen molar-refractivity contribution in [3.63, 3.8) is 0 Å². The Hall–Kier alpha value is -1.78. The van der Waals surface area contributed by atoms with Gasteiger partial charge in [0, 0.05) is 32.4 Å². The van der Waals surface area contributed by atoms with Gasteiger partial charge in [0.2, 0.25) is 0 Å². The summed E-state index contributed by atoms with van der Waals surface area (Å²) < 4.78 is 5.50. The first-order chi connectivity index (χ1) is 11.4. The zero-order valence-corrected chi connectivity index (χ0v) is 15.1. The Morgan fingerprint density at radius 1 is 1.12 bits per heavy atom. The van der Waals surface area contributed by atoms with Gasteiger partial charge in [-0.05, 0) is 64.0 Å². The number of hydrogen-bond acceptors (Lipinski definition) is 4. The number of amides is 1. The van der Waals surface area contributed by atoms with E-state index in [2.05, 4.69) is 16.0 Å². The lowest BCUT2D eigenvalue weighted by Crippen LogP contribution is -2.49. The normalized spacial score (nSPS) is 21.0. The van der Waals surface area contributed by atoms with Crippen molar-refractivity contribution in [2.24, 2.45) is 5.41 Å². The summed E-state index contributed by atoms with van der Waals surface area (Å²) in [5, 5.41) is 0. The Labute approximate surface area is 145 Å². The maximum absolute atomic E-state index is 12.2. The molecule has 0 aliphatic carbocycles. The monoisotopic (exact) mass is 331 g/mol. The van der Waals surface area contributed by atoms with E-state index in [4.69, 9.17) is 4.74 Å². The SMILES string of the molecule is CC(C)(C)OC(=O)N1CCC2(CC1)CCN(c1cccnc1)CC2. The molecule has 0 atom stereocenters. The number of carbonyl (C=O) groups is 1. The van der Waals surface area contributed by atoms with E-state index in [1.807, 2.05) is 44.1 Å². The molecule has 5 heteroatoms. The van der Waals surface area contributed by atoms with Crippen LogP contribution in [0.2, 0.25) is 0 Å². The summed E-state index contributed by atoms with van der Waals surface area (Å²) in [5.74, 6) is 0. The van der Waals surface area contributed by atoms with Crippen LogP contribution in [0.1, 0.15) is 46.5 Å². The molecule has 0 unspecified atom stereocenters. The summed E-state index contributed by atoms with van der Waals surface area (Å²) in [5.41, 5.74) is 1.21. The van der Waals surface area contributed by atoms with E-state index in [1.54, 1.807) is 0 Å². The predicted octanol–water partition coefficient (Wildman–Crippen LogP) is 3.70. The third kappa shape index (κ3) is 4.00. The second-order valence-electron chi connectivity index (χ2n) is 8.17. The average molecular weight is 331 g/mol. The lowest BCUT2D eigenvalue weighted by Gasteiger charge is -2.47. The number of nitrogens with zero attached hydrogens (tertiary/aromatic N) is 3. The van der Waals surface area contributed by atoms with E-state index in [9.17, 15) is 4.79 Å². The zero-order chi connectivity index (χ0) is 17.2. The molecule has 3 heterocycles. The van der Waals surface area contributed by atoms with E-state index in [0.717, 1.165) is 39.0 Å². The first-order valence-electron chi connectivity index (χ1n) is 9.00. The molecule has 1 aromatic heterocycles. The van der Waals surface area contributed by atoms with Crippen LogP contribution in [0.15, 0.2) is 24.5 Å². The Balaban J connectivity index is 1.51. The summed E-state index contributed by atoms with van der Waals surface area (Å²) in [6.07, 6.45) is 8.18. The van der Waals surface area contributed by atoms with Gasteiger partial charge in [-0.15, -0.1) is 0 Å². The zero-order valence-electron chi connectivity index (χ0n) is 15.1. The number of pyridine rings is 1. The standard InChI is InChI=1S/C19H29N3O2/c1-18(2,3)24-17(23)22-13-8-19(9-14-22)6-11-21(12-7-19)16-5-4-10-20-15-16/h4-5,10,15H,6-9,11-14H2,1-3H3. The number of likely N-dealkylation sites (tertiary alicyclic amines) is 1. The Morgan fingerprint density at radius 3 is 2.29 bits per heavy atom. The number of rotatable bonds is 1. The van der Waals surface area contributed by atoms with Gasteiger partial charge < -0.3 is 14.5 Å². The third-order valence-corrected chi connectivity index (χ3v) is 5.31. The van der Waals surface area contributed by atoms with Gasteiger partial charge in [0.25, 0.3) is 0 Å². The molecule has 3 rings (SSSR count). The fraction of sp³-hybridized carbons (Fsp3) is 0.684. The highest BCUT2D eigenvalue weighted by Crippen LogP contribution is 2.42. The van der Waals surface area contributed by atoms with Gasteiger partial charge >= 0.3 is 6.09 Å². The van der Waals surface area contributed by atoms with Crippen molar-refractivity contribution < 1.29 is 9.53 Å². The molecule has 0 saturated carbocycles. The van der Waals surface area contributed by atoms with Crippen LogP contribution < -0.4 is 4.90 Å². The van der Waals surface area contributed by atoms with Gasteiger partial charge in [-0.2, -0.15) is 0 Å². The maximum atomic E-state index is 12.2. The molecule has 0 aromatic carbocycles. The molecule has 1 aromatic rings. The quantitative estimate of drug-likeness (QED) is 0.787. The van der Waals surface area contributed by atoms with Crippen molar-refractivity contribution in [3.05, 3.63) is 24.5 Å². The van der Waals surface area contributed by atoms with Gasteiger partial charge in [0.05, 0.1) is 11.9 Å². The topological polar surface area (TPSA) is 45.7 Å². The molecule has 132 valence electrons. The van der Waals surface area contributed by atoms with E-state index in [1.165, 1.54) is 18.5 Å². The van der Waals surface area contributed by atoms with Crippen LogP contribution in [0.4, 0.5) is 10.5 Å². The minimum absolute atomic E-state index is 0.162. The van der Waals surface area contributed by atoms with Crippen LogP contribution in [-0.4, -0.2) is 47.8 Å². The number of ether oxygens (including phenoxy) is 1. The minimum Gasteiger partial charge on any atom is -0.444 e. The molecular weight excluding hydrogens is 302 g/mol. The molecule has 0 N–H and O–H groups in total. The van der Waals surface area contributed by atoms with Gasteiger partial charge in [-0.25, -0.2) is 4.79 Å². The fourth-order valence-corrected chi connectivity index (χ4v) is 3.77. The van der Waals surface area contributed by atoms with E-state index in [0.29, 0.717) is 5.41 Å². The highest BCUT2D eigenvalue weighted by molar-refractivity contribution is 5.68. The summed E-state index contributed by atoms with van der Waals surface area (Å²) >= 11 is 0. The van der Waals surface area contributed by atoms with Crippen molar-refractivity contribution in [1.29, 1.82) is 0 Å². The molecule has 2 fully saturated rings. The van der Waals surface area contributed by atoms with Crippen LogP contribution >= 0.6 is 0 Å². The van der Waals surface area contributed by atoms with Crippen LogP contribution in [0.25, 0.3) is 0 Å². The first kappa shape index (κ1) is 17.1. The summed E-state index contributed by atoms with van der Waals surface area (Å²) in [6, 6.07) is 4.13. The van der Waals surface area contributed by atoms with Crippen molar-refractivity contribution in [2.75, 3.05) is 31.1 Å². The Morgan fingerprint density at radius 2 is 1.75 bits per heavy atom. The van der Waals surface area contributed by atoms with E-state index < -0.39 is 5.60 Å². The minimum atomic E-state index is -0.415. The van der Waals surface area contributed by atoms with Crippen LogP contribution in [0, 0.1) is 5.41 Å². The van der Waals surface area contributed by atoms with E-state index >= 15 is 0 Å². The summed E-state index contributed by atoms with van der Waals surface area (Å²) in [7, 11) is 0. The number of carbonyl (C=O) groups excluding carboxylic acids is 1. The average Bonchev–Trinajstić information content (AvgIpc) is 2.55. The molecule has 0 radical (unpaired) electrons. The van der Waals surface area contributed by atoms with Crippen molar-refractivity contribution >= 4 is 11.8 Å². The molecular formula is C19H29N3O2. The van der Waals surface area contributed by atoms with Crippen LogP contribution in [-0.2, 0) is 4.74 Å². The third-order valence-electron chi connectivity index (χ3n) is 5.31. The lowest BCUT2D eigenvalue weighted by atomic mass is 9.71. The highest BCUT2D eigenvalue weighted by Gasteiger charge is 2.39. The molecule has 0 bridgehead atoms. The predicted molar refractivity (Wildman–Crippen MR) is 95.2 cm³/mol. The molecule has 2 aliphatic heterocycles. The van der Waals surface area contributed by atoms with Crippen molar-refractivity contribution in [3.8, 4) is 0 Å². The summed E-state index contributed by atoms with van der Waals surface area (Å²) in [6.45, 7) is 9.57. The molecule has 1 spiro atoms. The highest BCUT2D eigenvalue weighted by atomic mass is 16.6. The van der Waals surface area contributed by atoms with Crippen molar-refractivity contribution in [1.82, 2.24) is 9.88 Å². The molecule has 24 heavy (non-hydrogen) atoms. The summed E-state index contributed by atoms with van der Waals surface area (Å²) in [4.78, 5) is 20.7. The molecule has 2 aliphatic rings. The van der Waals surface area contributed by atoms with Crippen LogP contribution in [0.3, 0.4) is 0 Å². The number of hydrogen-bond donors (Lipinski definition) is 0. The van der Waals surface area contributed by atoms with Gasteiger partial charge in [0.1, 0.15) is 5.60 Å². The lowest BCUT2D eigenvalue weighted by molar-refractivity contribution is 0.00666. The number of piperidine rings is 2. The largest absolute Gasteiger partial charge is 0.444 e. The molecule has 1 amide bonds. The molecule has 2 saturated heterocycles. The van der Waals surface area contributed by atoms with Gasteiger partial charge in [-0.3, -0.25) is 4.98 Å². The number of anilines is 1. The first-order valence-corrected chi connectivity index (χ1v) is 9.00. The van der Waals surface area contributed by atoms with Gasteiger partial charge in [0.15, 0.2) is 0 Å². The van der Waals surface area contributed by atoms with Crippen molar-refractivity contribution in [2.45, 2.75) is 52.1 Å². The van der Waals surface area contributed by atoms with E-state index in [-0.39, 0.29) is 6.09 Å². The smallest absolute Gasteiger partial charge is 0.410 e. The van der Waals surface area contributed by atoms with Gasteiger partial charge in [-0.1, -0.05) is 0 Å². The Kier molecular flexibility index (Phi) is 4.70. The Bertz CT molecular complexity index is 550. The second-order valence-corrected chi connectivity index (χ2v) is 8.17. The number of aromatic nitrogens is 1.